The first kappa shape index (κ1) is 15.7. The summed E-state index contributed by atoms with van der Waals surface area (Å²) in [4.78, 5) is 29.5. The van der Waals surface area contributed by atoms with E-state index in [9.17, 15) is 9.36 Å². The van der Waals surface area contributed by atoms with Gasteiger partial charge in [-0.25, -0.2) is 0 Å². The van der Waals surface area contributed by atoms with Crippen LogP contribution < -0.4 is 9.47 Å². The molecule has 1 aromatic rings. The topological polar surface area (TPSA) is 93.1 Å². The maximum absolute atomic E-state index is 11.6. The first-order valence-electron chi connectivity index (χ1n) is 5.58. The van der Waals surface area contributed by atoms with Gasteiger partial charge in [-0.3, -0.25) is 9.36 Å². The zero-order valence-corrected chi connectivity index (χ0v) is 12.1. The lowest BCUT2D eigenvalue weighted by molar-refractivity contribution is 0.104. The maximum atomic E-state index is 11.6. The molecule has 0 saturated heterocycles. The summed E-state index contributed by atoms with van der Waals surface area (Å²) >= 11 is 0. The van der Waals surface area contributed by atoms with Crippen LogP contribution in [-0.4, -0.2) is 29.5 Å². The number of hydrogen-bond donors (Lipinski definition) is 2. The minimum absolute atomic E-state index is 0.0732. The smallest absolute Gasteiger partial charge is 0.396 e. The van der Waals surface area contributed by atoms with E-state index in [4.69, 9.17) is 19.3 Å². The van der Waals surface area contributed by atoms with Gasteiger partial charge in [0.05, 0.1) is 14.2 Å². The van der Waals surface area contributed by atoms with E-state index in [2.05, 4.69) is 0 Å². The normalized spacial score (nSPS) is 11.5. The Labute approximate surface area is 111 Å². The molecular formula is C12H17O6P. The minimum Gasteiger partial charge on any atom is -0.496 e. The van der Waals surface area contributed by atoms with Crippen LogP contribution in [0.1, 0.15) is 35.7 Å². The fourth-order valence-electron chi connectivity index (χ4n) is 1.80. The number of methoxy groups -OCH3 is 2. The summed E-state index contributed by atoms with van der Waals surface area (Å²) in [6.45, 7) is 3.84. The number of benzene rings is 1. The quantitative estimate of drug-likeness (QED) is 0.806. The molecule has 7 heteroatoms. The van der Waals surface area contributed by atoms with Crippen LogP contribution in [0.25, 0.3) is 0 Å². The van der Waals surface area contributed by atoms with E-state index in [1.807, 2.05) is 13.8 Å². The highest BCUT2D eigenvalue weighted by Gasteiger charge is 2.29. The van der Waals surface area contributed by atoms with E-state index in [0.29, 0.717) is 11.5 Å². The second kappa shape index (κ2) is 5.74. The van der Waals surface area contributed by atoms with E-state index < -0.39 is 13.1 Å². The van der Waals surface area contributed by atoms with Gasteiger partial charge in [0.2, 0.25) is 0 Å². The van der Waals surface area contributed by atoms with Crippen molar-refractivity contribution >= 4 is 13.1 Å². The monoisotopic (exact) mass is 288 g/mol. The van der Waals surface area contributed by atoms with E-state index >= 15 is 0 Å². The van der Waals surface area contributed by atoms with Gasteiger partial charge in [-0.05, 0) is 18.1 Å². The van der Waals surface area contributed by atoms with Crippen molar-refractivity contribution in [2.45, 2.75) is 19.8 Å². The average molecular weight is 288 g/mol. The van der Waals surface area contributed by atoms with Crippen molar-refractivity contribution in [2.75, 3.05) is 14.2 Å². The fraction of sp³-hybridized carbons (Fsp3) is 0.417. The summed E-state index contributed by atoms with van der Waals surface area (Å²) in [5.74, 6) is 0.807. The summed E-state index contributed by atoms with van der Waals surface area (Å²) < 4.78 is 21.3. The average Bonchev–Trinajstić information content (AvgIpc) is 2.34. The number of ether oxygens (including phenoxy) is 2. The Kier molecular flexibility index (Phi) is 4.74. The first-order valence-corrected chi connectivity index (χ1v) is 7.20. The van der Waals surface area contributed by atoms with E-state index in [1.165, 1.54) is 26.4 Å². The molecule has 0 aromatic heterocycles. The van der Waals surface area contributed by atoms with Gasteiger partial charge in [0.1, 0.15) is 11.5 Å². The molecule has 6 nitrogen and oxygen atoms in total. The van der Waals surface area contributed by atoms with Crippen LogP contribution in [0.15, 0.2) is 12.1 Å². The van der Waals surface area contributed by atoms with Crippen LogP contribution in [0.3, 0.4) is 0 Å². The van der Waals surface area contributed by atoms with Crippen molar-refractivity contribution in [1.82, 2.24) is 0 Å². The van der Waals surface area contributed by atoms with Gasteiger partial charge in [-0.1, -0.05) is 13.8 Å². The lowest BCUT2D eigenvalue weighted by atomic mass is 9.99. The lowest BCUT2D eigenvalue weighted by Crippen LogP contribution is -2.05. The highest BCUT2D eigenvalue weighted by Crippen LogP contribution is 2.43. The Morgan fingerprint density at radius 2 is 1.58 bits per heavy atom. The second-order valence-corrected chi connectivity index (χ2v) is 5.79. The lowest BCUT2D eigenvalue weighted by Gasteiger charge is -2.17. The first-order chi connectivity index (χ1) is 8.72. The zero-order chi connectivity index (χ0) is 14.8. The largest absolute Gasteiger partial charge is 0.496 e. The molecule has 0 aliphatic rings. The van der Waals surface area contributed by atoms with Crippen LogP contribution in [0.2, 0.25) is 0 Å². The predicted octanol–water partition coefficient (Wildman–Crippen LogP) is 2.15. The molecule has 1 rings (SSSR count). The van der Waals surface area contributed by atoms with Gasteiger partial charge in [-0.2, -0.15) is 0 Å². The molecule has 0 saturated carbocycles. The molecule has 0 aliphatic heterocycles. The summed E-state index contributed by atoms with van der Waals surface area (Å²) in [5, 5.41) is 0. The minimum atomic E-state index is -4.83. The van der Waals surface area contributed by atoms with Crippen molar-refractivity contribution in [1.29, 1.82) is 0 Å². The molecule has 106 valence electrons. The van der Waals surface area contributed by atoms with Gasteiger partial charge in [-0.15, -0.1) is 0 Å². The number of carbonyl (C=O) groups excluding carboxylic acids is 1. The fourth-order valence-corrected chi connectivity index (χ4v) is 2.26. The van der Waals surface area contributed by atoms with Gasteiger partial charge in [0.15, 0.2) is 0 Å². The SMILES string of the molecule is COc1cc(C(=O)P(=O)(O)O)cc(OC)c1C(C)C. The maximum Gasteiger partial charge on any atom is 0.396 e. The molecule has 1 aromatic carbocycles. The molecular weight excluding hydrogens is 271 g/mol. The van der Waals surface area contributed by atoms with Crippen molar-refractivity contribution in [3.63, 3.8) is 0 Å². The number of carbonyl (C=O) groups is 1. The molecule has 0 heterocycles. The molecule has 2 N–H and O–H groups in total. The Bertz CT molecular complexity index is 506. The molecule has 0 amide bonds. The van der Waals surface area contributed by atoms with Gasteiger partial charge in [0.25, 0.3) is 5.52 Å². The molecule has 0 atom stereocenters. The van der Waals surface area contributed by atoms with E-state index in [0.717, 1.165) is 5.56 Å². The molecule has 0 unspecified atom stereocenters. The van der Waals surface area contributed by atoms with Crippen LogP contribution in [0.4, 0.5) is 0 Å². The number of rotatable bonds is 5. The van der Waals surface area contributed by atoms with Crippen molar-refractivity contribution in [3.05, 3.63) is 23.3 Å². The van der Waals surface area contributed by atoms with Crippen molar-refractivity contribution < 1.29 is 28.6 Å². The molecule has 0 aliphatic carbocycles. The third-order valence-electron chi connectivity index (χ3n) is 2.63. The summed E-state index contributed by atoms with van der Waals surface area (Å²) in [5.41, 5.74) is -0.641. The van der Waals surface area contributed by atoms with Gasteiger partial charge < -0.3 is 19.3 Å². The third kappa shape index (κ3) is 3.35. The van der Waals surface area contributed by atoms with Crippen LogP contribution in [0.5, 0.6) is 11.5 Å². The summed E-state index contributed by atoms with van der Waals surface area (Å²) in [6.07, 6.45) is 0. The molecule has 19 heavy (non-hydrogen) atoms. The highest BCUT2D eigenvalue weighted by molar-refractivity contribution is 7.70. The molecule has 0 radical (unpaired) electrons. The Balaban J connectivity index is 3.48. The highest BCUT2D eigenvalue weighted by atomic mass is 31.2. The molecule has 0 fully saturated rings. The van der Waals surface area contributed by atoms with Crippen molar-refractivity contribution in [2.24, 2.45) is 0 Å². The van der Waals surface area contributed by atoms with Crippen LogP contribution in [-0.2, 0) is 4.57 Å². The zero-order valence-electron chi connectivity index (χ0n) is 11.2. The van der Waals surface area contributed by atoms with Crippen LogP contribution in [0, 0.1) is 0 Å². The summed E-state index contributed by atoms with van der Waals surface area (Å²) in [7, 11) is -1.98. The molecule has 0 spiro atoms. The second-order valence-electron chi connectivity index (χ2n) is 4.30. The van der Waals surface area contributed by atoms with Gasteiger partial charge >= 0.3 is 7.60 Å². The van der Waals surface area contributed by atoms with Crippen molar-refractivity contribution in [3.8, 4) is 11.5 Å². The predicted molar refractivity (Wildman–Crippen MR) is 70.0 cm³/mol. The Morgan fingerprint density at radius 1 is 1.16 bits per heavy atom. The third-order valence-corrected chi connectivity index (χ3v) is 3.42. The standard InChI is InChI=1S/C12H17O6P/c1-7(2)11-9(17-3)5-8(6-10(11)18-4)12(13)19(14,15)16/h5-7H,1-4H3,(H2,14,15,16). The Morgan fingerprint density at radius 3 is 1.84 bits per heavy atom. The molecule has 0 bridgehead atoms. The Hall–Kier alpha value is -1.36. The van der Waals surface area contributed by atoms with Crippen LogP contribution >= 0.6 is 7.60 Å². The van der Waals surface area contributed by atoms with Gasteiger partial charge in [0, 0.05) is 11.1 Å². The summed E-state index contributed by atoms with van der Waals surface area (Å²) in [6, 6.07) is 2.64. The van der Waals surface area contributed by atoms with E-state index in [-0.39, 0.29) is 11.5 Å². The number of hydrogen-bond acceptors (Lipinski definition) is 4. The van der Waals surface area contributed by atoms with E-state index in [1.54, 1.807) is 0 Å².